The molecule has 0 radical (unpaired) electrons. The fraction of sp³-hybridized carbons (Fsp3) is 0.423. The Balaban J connectivity index is 1.01. The summed E-state index contributed by atoms with van der Waals surface area (Å²) in [5, 5.41) is 12.1. The van der Waals surface area contributed by atoms with E-state index in [1.165, 1.54) is 16.0 Å². The number of carboxylic acid groups (broad SMARTS) is 1. The first kappa shape index (κ1) is 22.4. The molecule has 178 valence electrons. The smallest absolute Gasteiger partial charge is 0.407 e. The molecule has 6 rings (SSSR count). The lowest BCUT2D eigenvalue weighted by Gasteiger charge is -2.37. The molecule has 3 fully saturated rings. The second-order valence-electron chi connectivity index (χ2n) is 9.23. The lowest BCUT2D eigenvalue weighted by molar-refractivity contribution is -0.158. The minimum Gasteiger partial charge on any atom is -0.479 e. The number of hydrogen-bond acceptors (Lipinski definition) is 5. The first-order valence-corrected chi connectivity index (χ1v) is 11.7. The monoisotopic (exact) mass is 464 g/mol. The van der Waals surface area contributed by atoms with Crippen molar-refractivity contribution in [3.63, 3.8) is 0 Å². The van der Waals surface area contributed by atoms with Crippen molar-refractivity contribution in [2.45, 2.75) is 30.7 Å². The molecule has 2 aromatic carbocycles. The predicted octanol–water partition coefficient (Wildman–Crippen LogP) is 3.01. The van der Waals surface area contributed by atoms with Crippen LogP contribution in [-0.4, -0.2) is 66.4 Å². The van der Waals surface area contributed by atoms with Crippen LogP contribution in [0.2, 0.25) is 0 Å². The van der Waals surface area contributed by atoms with E-state index in [-0.39, 0.29) is 44.6 Å². The van der Waals surface area contributed by atoms with Crippen molar-refractivity contribution in [2.24, 2.45) is 5.92 Å². The van der Waals surface area contributed by atoms with Crippen molar-refractivity contribution >= 4 is 18.0 Å². The fourth-order valence-corrected chi connectivity index (χ4v) is 5.58. The third-order valence-corrected chi connectivity index (χ3v) is 7.23. The molecule has 2 saturated heterocycles. The van der Waals surface area contributed by atoms with Gasteiger partial charge in [-0.05, 0) is 41.0 Å². The minimum absolute atomic E-state index is 0.00570. The van der Waals surface area contributed by atoms with Gasteiger partial charge in [-0.1, -0.05) is 48.5 Å². The van der Waals surface area contributed by atoms with Gasteiger partial charge >= 0.3 is 12.1 Å². The SMILES string of the molecule is O=C(NCCOCCC(=O)N1CC2CC1(C(=O)O)C2)OCC1c2ccccc2-c2ccccc21. The van der Waals surface area contributed by atoms with E-state index in [0.717, 1.165) is 11.1 Å². The number of carbonyl (C=O) groups is 3. The zero-order chi connectivity index (χ0) is 23.7. The molecule has 4 aliphatic rings. The number of ether oxygens (including phenoxy) is 2. The summed E-state index contributed by atoms with van der Waals surface area (Å²) in [5.41, 5.74) is 3.67. The normalized spacial score (nSPS) is 22.0. The van der Waals surface area contributed by atoms with Crippen LogP contribution in [0.15, 0.2) is 48.5 Å². The molecule has 0 aromatic heterocycles. The van der Waals surface area contributed by atoms with Crippen LogP contribution >= 0.6 is 0 Å². The van der Waals surface area contributed by atoms with Crippen LogP contribution in [0.5, 0.6) is 0 Å². The van der Waals surface area contributed by atoms with Crippen LogP contribution in [-0.2, 0) is 19.1 Å². The molecule has 1 saturated carbocycles. The summed E-state index contributed by atoms with van der Waals surface area (Å²) >= 11 is 0. The molecule has 8 nitrogen and oxygen atoms in total. The highest BCUT2D eigenvalue weighted by Gasteiger charge is 2.62. The van der Waals surface area contributed by atoms with Gasteiger partial charge in [-0.25, -0.2) is 9.59 Å². The third-order valence-electron chi connectivity index (χ3n) is 7.23. The van der Waals surface area contributed by atoms with Crippen molar-refractivity contribution < 1.29 is 29.0 Å². The summed E-state index contributed by atoms with van der Waals surface area (Å²) in [6.45, 7) is 1.45. The molecule has 8 heteroatoms. The average molecular weight is 465 g/mol. The Bertz CT molecular complexity index is 1060. The minimum atomic E-state index is -0.993. The van der Waals surface area contributed by atoms with Crippen LogP contribution in [0.4, 0.5) is 4.79 Å². The summed E-state index contributed by atoms with van der Waals surface area (Å²) in [6, 6.07) is 16.3. The molecule has 0 unspecified atom stereocenters. The largest absolute Gasteiger partial charge is 0.479 e. The van der Waals surface area contributed by atoms with E-state index in [1.807, 2.05) is 24.3 Å². The summed E-state index contributed by atoms with van der Waals surface area (Å²) < 4.78 is 10.9. The van der Waals surface area contributed by atoms with Crippen molar-refractivity contribution in [2.75, 3.05) is 32.9 Å². The number of benzene rings is 2. The zero-order valence-electron chi connectivity index (χ0n) is 18.9. The Kier molecular flexibility index (Phi) is 6.00. The number of alkyl carbamates (subject to hydrolysis) is 1. The van der Waals surface area contributed by atoms with Gasteiger partial charge < -0.3 is 24.8 Å². The second-order valence-corrected chi connectivity index (χ2v) is 9.23. The molecule has 0 spiro atoms. The van der Waals surface area contributed by atoms with Gasteiger partial charge in [0.2, 0.25) is 5.91 Å². The van der Waals surface area contributed by atoms with E-state index in [2.05, 4.69) is 29.6 Å². The first-order valence-electron chi connectivity index (χ1n) is 11.7. The van der Waals surface area contributed by atoms with Gasteiger partial charge in [0.1, 0.15) is 12.1 Å². The standard InChI is InChI=1S/C26H28N2O6/c29-23(28-15-17-13-26(28,14-17)24(30)31)9-11-33-12-10-27-25(32)34-16-22-20-7-3-1-5-18(20)19-6-2-4-8-21(19)22/h1-8,17,22H,9-16H2,(H,27,32)(H,30,31). The maximum absolute atomic E-state index is 12.4. The van der Waals surface area contributed by atoms with E-state index >= 15 is 0 Å². The van der Waals surface area contributed by atoms with E-state index in [4.69, 9.17) is 9.47 Å². The van der Waals surface area contributed by atoms with E-state index in [9.17, 15) is 19.5 Å². The van der Waals surface area contributed by atoms with E-state index in [0.29, 0.717) is 25.3 Å². The Hall–Kier alpha value is -3.39. The summed E-state index contributed by atoms with van der Waals surface area (Å²) in [4.78, 5) is 37.6. The van der Waals surface area contributed by atoms with Crippen LogP contribution in [0, 0.1) is 5.92 Å². The molecule has 2 N–H and O–H groups in total. The lowest BCUT2D eigenvalue weighted by Crippen LogP contribution is -2.54. The van der Waals surface area contributed by atoms with Gasteiger partial charge in [0, 0.05) is 19.0 Å². The van der Waals surface area contributed by atoms with Crippen molar-refractivity contribution in [3.8, 4) is 11.1 Å². The maximum atomic E-state index is 12.4. The van der Waals surface area contributed by atoms with Crippen LogP contribution in [0.1, 0.15) is 36.3 Å². The number of aliphatic carboxylic acids is 1. The summed E-state index contributed by atoms with van der Waals surface area (Å²) in [7, 11) is 0. The van der Waals surface area contributed by atoms with Gasteiger partial charge in [-0.3, -0.25) is 4.79 Å². The molecule has 2 bridgehead atoms. The topological polar surface area (TPSA) is 105 Å². The molecular formula is C26H28N2O6. The number of amides is 2. The highest BCUT2D eigenvalue weighted by Crippen LogP contribution is 2.50. The number of rotatable bonds is 9. The number of carboxylic acids is 1. The second kappa shape index (κ2) is 9.10. The lowest BCUT2D eigenvalue weighted by atomic mass is 9.73. The molecular weight excluding hydrogens is 436 g/mol. The average Bonchev–Trinajstić information content (AvgIpc) is 3.48. The highest BCUT2D eigenvalue weighted by atomic mass is 16.5. The van der Waals surface area contributed by atoms with Crippen LogP contribution < -0.4 is 5.32 Å². The Morgan fingerprint density at radius 1 is 1.00 bits per heavy atom. The van der Waals surface area contributed by atoms with Gasteiger partial charge in [-0.2, -0.15) is 0 Å². The van der Waals surface area contributed by atoms with Crippen LogP contribution in [0.3, 0.4) is 0 Å². The summed E-state index contributed by atoms with van der Waals surface area (Å²) in [5.74, 6) is -0.789. The number of carbonyl (C=O) groups excluding carboxylic acids is 2. The molecule has 2 aliphatic carbocycles. The van der Waals surface area contributed by atoms with Gasteiger partial charge in [0.05, 0.1) is 19.6 Å². The Morgan fingerprint density at radius 2 is 1.65 bits per heavy atom. The van der Waals surface area contributed by atoms with Gasteiger partial charge in [0.25, 0.3) is 0 Å². The maximum Gasteiger partial charge on any atom is 0.407 e. The summed E-state index contributed by atoms with van der Waals surface area (Å²) in [6.07, 6.45) is 0.729. The van der Waals surface area contributed by atoms with Crippen molar-refractivity contribution in [1.82, 2.24) is 10.2 Å². The molecule has 2 amide bonds. The molecule has 0 atom stereocenters. The third kappa shape index (κ3) is 3.92. The van der Waals surface area contributed by atoms with Crippen LogP contribution in [0.25, 0.3) is 11.1 Å². The number of nitrogens with zero attached hydrogens (tertiary/aromatic N) is 1. The van der Waals surface area contributed by atoms with E-state index in [1.54, 1.807) is 0 Å². The van der Waals surface area contributed by atoms with Gasteiger partial charge in [-0.15, -0.1) is 0 Å². The quantitative estimate of drug-likeness (QED) is 0.553. The highest BCUT2D eigenvalue weighted by molar-refractivity contribution is 5.89. The molecule has 34 heavy (non-hydrogen) atoms. The fourth-order valence-electron chi connectivity index (χ4n) is 5.58. The Morgan fingerprint density at radius 3 is 2.29 bits per heavy atom. The number of hydrogen-bond donors (Lipinski definition) is 2. The van der Waals surface area contributed by atoms with E-state index < -0.39 is 17.6 Å². The molecule has 2 heterocycles. The predicted molar refractivity (Wildman–Crippen MR) is 123 cm³/mol. The number of fused-ring (bicyclic) bond motifs is 4. The molecule has 2 aliphatic heterocycles. The van der Waals surface area contributed by atoms with Gasteiger partial charge in [0.15, 0.2) is 0 Å². The first-order chi connectivity index (χ1) is 16.5. The van der Waals surface area contributed by atoms with Crippen molar-refractivity contribution in [1.29, 1.82) is 0 Å². The Labute approximate surface area is 197 Å². The molecule has 2 aromatic rings. The van der Waals surface area contributed by atoms with Crippen molar-refractivity contribution in [3.05, 3.63) is 59.7 Å². The zero-order valence-corrected chi connectivity index (χ0v) is 18.9. The number of nitrogens with one attached hydrogen (secondary N) is 1.